The maximum absolute atomic E-state index is 11.9. The lowest BCUT2D eigenvalue weighted by Crippen LogP contribution is -2.52. The highest BCUT2D eigenvalue weighted by Crippen LogP contribution is 2.27. The number of nitro groups is 1. The number of hydrogen-bond acceptors (Lipinski definition) is 5. The van der Waals surface area contributed by atoms with Crippen LogP contribution in [-0.2, 0) is 0 Å². The van der Waals surface area contributed by atoms with Crippen molar-refractivity contribution in [3.05, 3.63) is 33.9 Å². The Labute approximate surface area is 97.3 Å². The van der Waals surface area contributed by atoms with Crippen LogP contribution >= 0.6 is 0 Å². The van der Waals surface area contributed by atoms with Crippen LogP contribution in [0.3, 0.4) is 0 Å². The van der Waals surface area contributed by atoms with E-state index in [0.29, 0.717) is 12.2 Å². The van der Waals surface area contributed by atoms with Gasteiger partial charge in [-0.1, -0.05) is 0 Å². The number of nitro benzene ring substituents is 1. The first kappa shape index (κ1) is 11.4. The molecule has 2 rings (SSSR count). The third-order valence-corrected chi connectivity index (χ3v) is 2.63. The highest BCUT2D eigenvalue weighted by Gasteiger charge is 2.35. The molecular weight excluding hydrogens is 225 g/mol. The minimum Gasteiger partial charge on any atom is -0.413 e. The first-order chi connectivity index (χ1) is 8.04. The molecule has 0 atom stereocenters. The molecule has 0 aromatic heterocycles. The average molecular weight is 235 g/mol. The molecule has 17 heavy (non-hydrogen) atoms. The van der Waals surface area contributed by atoms with E-state index < -0.39 is 18.0 Å². The predicted octanol–water partition coefficient (Wildman–Crippen LogP) is 0.460. The first-order valence-electron chi connectivity index (χ1n) is 5.08. The summed E-state index contributed by atoms with van der Waals surface area (Å²) in [5.41, 5.74) is 0.454. The molecule has 0 aliphatic carbocycles. The molecule has 0 radical (unpaired) electrons. The summed E-state index contributed by atoms with van der Waals surface area (Å²) in [6.07, 6.45) is 0. The van der Waals surface area contributed by atoms with E-state index in [9.17, 15) is 19.9 Å². The second kappa shape index (κ2) is 4.06. The molecule has 0 fully saturated rings. The van der Waals surface area contributed by atoms with Crippen molar-refractivity contribution in [1.82, 2.24) is 4.81 Å². The quantitative estimate of drug-likeness (QED) is 0.441. The summed E-state index contributed by atoms with van der Waals surface area (Å²) in [5.74, 6) is -0.419. The lowest BCUT2D eigenvalue weighted by molar-refractivity contribution is -0.384. The molecule has 0 saturated carbocycles. The lowest BCUT2D eigenvalue weighted by Gasteiger charge is -2.30. The molecule has 2 N–H and O–H groups in total. The zero-order chi connectivity index (χ0) is 12.6. The van der Waals surface area contributed by atoms with Gasteiger partial charge in [-0.2, -0.15) is 0 Å². The van der Waals surface area contributed by atoms with E-state index in [2.05, 4.69) is 5.23 Å². The van der Waals surface area contributed by atoms with Crippen LogP contribution < -0.4 is 5.23 Å². The summed E-state index contributed by atoms with van der Waals surface area (Å²) in [7, 11) is -1.10. The Balaban J connectivity index is 2.48. The third kappa shape index (κ3) is 1.82. The highest BCUT2D eigenvalue weighted by molar-refractivity contribution is 6.57. The van der Waals surface area contributed by atoms with Crippen LogP contribution in [-0.4, -0.2) is 34.4 Å². The maximum Gasteiger partial charge on any atom is 0.545 e. The van der Waals surface area contributed by atoms with E-state index in [0.717, 1.165) is 0 Å². The summed E-state index contributed by atoms with van der Waals surface area (Å²) in [5, 5.41) is 22.9. The summed E-state index contributed by atoms with van der Waals surface area (Å²) in [6, 6.07) is 3.91. The standard InChI is InChI=1S/C9H10BN3O4/c1-2-12-9(14)7-5-6(13(16)17)3-4-8(7)11-10(12)15/h3-5,11,15H,2H2,1H3. The van der Waals surface area contributed by atoms with Gasteiger partial charge in [-0.05, 0) is 13.0 Å². The van der Waals surface area contributed by atoms with Crippen LogP contribution in [0, 0.1) is 10.1 Å². The minimum absolute atomic E-state index is 0.147. The normalized spacial score (nSPS) is 14.4. The van der Waals surface area contributed by atoms with Crippen molar-refractivity contribution in [2.24, 2.45) is 0 Å². The van der Waals surface area contributed by atoms with Crippen molar-refractivity contribution in [2.75, 3.05) is 11.8 Å². The van der Waals surface area contributed by atoms with Gasteiger partial charge in [-0.15, -0.1) is 0 Å². The second-order valence-corrected chi connectivity index (χ2v) is 3.60. The molecule has 0 saturated heterocycles. The van der Waals surface area contributed by atoms with Crippen molar-refractivity contribution >= 4 is 24.5 Å². The largest absolute Gasteiger partial charge is 0.545 e. The van der Waals surface area contributed by atoms with Gasteiger partial charge in [-0.3, -0.25) is 14.9 Å². The van der Waals surface area contributed by atoms with Gasteiger partial charge in [0.25, 0.3) is 5.69 Å². The molecular formula is C9H10BN3O4. The Kier molecular flexibility index (Phi) is 2.72. The summed E-state index contributed by atoms with van der Waals surface area (Å²) in [4.78, 5) is 23.2. The molecule has 1 amide bonds. The molecule has 88 valence electrons. The number of carbonyl (C=O) groups excluding carboxylic acids is 1. The molecule has 7 nitrogen and oxygen atoms in total. The van der Waals surface area contributed by atoms with Gasteiger partial charge in [0.05, 0.1) is 10.5 Å². The number of non-ortho nitro benzene ring substituents is 1. The van der Waals surface area contributed by atoms with Crippen LogP contribution in [0.1, 0.15) is 17.3 Å². The number of anilines is 1. The van der Waals surface area contributed by atoms with Gasteiger partial charge in [-0.25, -0.2) is 0 Å². The van der Waals surface area contributed by atoms with Crippen molar-refractivity contribution < 1.29 is 14.7 Å². The number of fused-ring (bicyclic) bond motifs is 1. The summed E-state index contributed by atoms with van der Waals surface area (Å²) < 4.78 is 0. The average Bonchev–Trinajstić information content (AvgIpc) is 2.29. The Hall–Kier alpha value is -2.09. The van der Waals surface area contributed by atoms with Crippen LogP contribution in [0.2, 0.25) is 0 Å². The number of hydrogen-bond donors (Lipinski definition) is 2. The smallest absolute Gasteiger partial charge is 0.413 e. The molecule has 0 unspecified atom stereocenters. The Morgan fingerprint density at radius 3 is 2.88 bits per heavy atom. The second-order valence-electron chi connectivity index (χ2n) is 3.60. The van der Waals surface area contributed by atoms with E-state index in [4.69, 9.17) is 0 Å². The molecule has 0 spiro atoms. The van der Waals surface area contributed by atoms with Crippen LogP contribution in [0.15, 0.2) is 18.2 Å². The summed E-state index contributed by atoms with van der Waals surface area (Å²) in [6.45, 7) is 2.03. The van der Waals surface area contributed by atoms with Gasteiger partial charge < -0.3 is 15.1 Å². The van der Waals surface area contributed by atoms with Crippen LogP contribution in [0.5, 0.6) is 0 Å². The van der Waals surface area contributed by atoms with Crippen LogP contribution in [0.4, 0.5) is 11.4 Å². The van der Waals surface area contributed by atoms with Gasteiger partial charge in [0.2, 0.25) is 5.91 Å². The Morgan fingerprint density at radius 2 is 2.29 bits per heavy atom. The molecule has 1 aromatic rings. The van der Waals surface area contributed by atoms with E-state index in [1.807, 2.05) is 0 Å². The number of nitrogens with one attached hydrogen (secondary N) is 1. The van der Waals surface area contributed by atoms with Gasteiger partial charge in [0.1, 0.15) is 0 Å². The van der Waals surface area contributed by atoms with E-state index in [1.54, 1.807) is 6.92 Å². The Morgan fingerprint density at radius 1 is 1.59 bits per heavy atom. The van der Waals surface area contributed by atoms with Crippen LogP contribution in [0.25, 0.3) is 0 Å². The lowest BCUT2D eigenvalue weighted by atomic mass is 9.89. The fraction of sp³-hybridized carbons (Fsp3) is 0.222. The predicted molar refractivity (Wildman–Crippen MR) is 61.4 cm³/mol. The minimum atomic E-state index is -1.10. The van der Waals surface area contributed by atoms with Gasteiger partial charge >= 0.3 is 7.19 Å². The monoisotopic (exact) mass is 235 g/mol. The Bertz CT molecular complexity index is 493. The van der Waals surface area contributed by atoms with Crippen molar-refractivity contribution in [2.45, 2.75) is 6.92 Å². The molecule has 1 aromatic carbocycles. The number of amides is 1. The van der Waals surface area contributed by atoms with Gasteiger partial charge in [0.15, 0.2) is 0 Å². The maximum atomic E-state index is 11.9. The van der Waals surface area contributed by atoms with Crippen molar-refractivity contribution in [3.63, 3.8) is 0 Å². The fourth-order valence-electron chi connectivity index (χ4n) is 1.75. The van der Waals surface area contributed by atoms with E-state index in [1.165, 1.54) is 23.0 Å². The number of benzene rings is 1. The number of rotatable bonds is 2. The highest BCUT2D eigenvalue weighted by atomic mass is 16.6. The molecule has 1 aliphatic rings. The topological polar surface area (TPSA) is 95.7 Å². The first-order valence-corrected chi connectivity index (χ1v) is 5.08. The molecule has 1 heterocycles. The fourth-order valence-corrected chi connectivity index (χ4v) is 1.75. The molecule has 8 heteroatoms. The van der Waals surface area contributed by atoms with E-state index >= 15 is 0 Å². The molecule has 0 bridgehead atoms. The number of nitrogens with zero attached hydrogens (tertiary/aromatic N) is 2. The van der Waals surface area contributed by atoms with E-state index in [-0.39, 0.29) is 11.3 Å². The molecule has 1 aliphatic heterocycles. The zero-order valence-electron chi connectivity index (χ0n) is 9.08. The van der Waals surface area contributed by atoms with Crippen molar-refractivity contribution in [3.8, 4) is 0 Å². The summed E-state index contributed by atoms with van der Waals surface area (Å²) >= 11 is 0. The number of carbonyl (C=O) groups is 1. The van der Waals surface area contributed by atoms with Crippen molar-refractivity contribution in [1.29, 1.82) is 0 Å². The van der Waals surface area contributed by atoms with Gasteiger partial charge in [0, 0.05) is 24.4 Å². The third-order valence-electron chi connectivity index (χ3n) is 2.63. The zero-order valence-corrected chi connectivity index (χ0v) is 9.08. The SMILES string of the molecule is CCN1B(O)Nc2ccc([N+](=O)[O-])cc2C1=O.